The van der Waals surface area contributed by atoms with Crippen LogP contribution in [0.25, 0.3) is 16.8 Å². The largest absolute Gasteiger partial charge is 0.416 e. The number of alkyl halides is 3. The lowest BCUT2D eigenvalue weighted by Gasteiger charge is -2.17. The van der Waals surface area contributed by atoms with Crippen LogP contribution in [-0.4, -0.2) is 4.57 Å². The zero-order chi connectivity index (χ0) is 18.3. The van der Waals surface area contributed by atoms with Crippen LogP contribution in [0.3, 0.4) is 0 Å². The summed E-state index contributed by atoms with van der Waals surface area (Å²) in [6, 6.07) is 15.8. The van der Waals surface area contributed by atoms with E-state index in [-0.39, 0.29) is 0 Å². The molecule has 0 radical (unpaired) electrons. The third kappa shape index (κ3) is 2.83. The molecule has 0 bridgehead atoms. The van der Waals surface area contributed by atoms with E-state index >= 15 is 0 Å². The molecule has 0 amide bonds. The molecule has 134 valence electrons. The lowest BCUT2D eigenvalue weighted by Crippen LogP contribution is -2.10. The van der Waals surface area contributed by atoms with Crippen molar-refractivity contribution in [3.05, 3.63) is 77.1 Å². The fraction of sp³-hybridized carbons (Fsp3) is 0.273. The normalized spacial score (nSPS) is 14.3. The Kier molecular flexibility index (Phi) is 4.14. The molecule has 3 aromatic rings. The first kappa shape index (κ1) is 17.0. The van der Waals surface area contributed by atoms with E-state index in [1.807, 2.05) is 29.7 Å². The quantitative estimate of drug-likeness (QED) is 0.505. The average Bonchev–Trinajstić information content (AvgIpc) is 2.93. The molecule has 4 rings (SSSR count). The van der Waals surface area contributed by atoms with Crippen molar-refractivity contribution >= 4 is 0 Å². The SMILES string of the molecule is Cc1c(-c2ccccc2)c2c(n1-c1cccc(C(F)(F)F)c1)CCCC2. The summed E-state index contributed by atoms with van der Waals surface area (Å²) in [6.07, 6.45) is -0.256. The molecule has 0 unspecified atom stereocenters. The highest BCUT2D eigenvalue weighted by atomic mass is 19.4. The van der Waals surface area contributed by atoms with Crippen molar-refractivity contribution < 1.29 is 13.2 Å². The Morgan fingerprint density at radius 1 is 0.885 bits per heavy atom. The van der Waals surface area contributed by atoms with Crippen molar-refractivity contribution in [1.82, 2.24) is 4.57 Å². The predicted octanol–water partition coefficient (Wildman–Crippen LogP) is 6.35. The number of hydrogen-bond donors (Lipinski definition) is 0. The number of benzene rings is 2. The Labute approximate surface area is 151 Å². The second kappa shape index (κ2) is 6.35. The molecule has 1 heterocycles. The molecule has 0 N–H and O–H groups in total. The molecule has 0 fully saturated rings. The van der Waals surface area contributed by atoms with E-state index in [1.165, 1.54) is 23.3 Å². The Hall–Kier alpha value is -2.49. The van der Waals surface area contributed by atoms with E-state index in [0.29, 0.717) is 5.69 Å². The summed E-state index contributed by atoms with van der Waals surface area (Å²) in [7, 11) is 0. The number of fused-ring (bicyclic) bond motifs is 1. The Balaban J connectivity index is 1.95. The maximum absolute atomic E-state index is 13.2. The molecule has 1 aliphatic carbocycles. The van der Waals surface area contributed by atoms with Crippen LogP contribution in [0.1, 0.15) is 35.4 Å². The van der Waals surface area contributed by atoms with E-state index in [0.717, 1.165) is 48.7 Å². The topological polar surface area (TPSA) is 4.93 Å². The molecule has 0 spiro atoms. The van der Waals surface area contributed by atoms with Gasteiger partial charge in [-0.05, 0) is 61.9 Å². The number of nitrogens with zero attached hydrogens (tertiary/aromatic N) is 1. The summed E-state index contributed by atoms with van der Waals surface area (Å²) in [5.41, 5.74) is 5.77. The van der Waals surface area contributed by atoms with Gasteiger partial charge in [0.25, 0.3) is 0 Å². The molecule has 0 saturated carbocycles. The van der Waals surface area contributed by atoms with Crippen molar-refractivity contribution in [2.75, 3.05) is 0 Å². The van der Waals surface area contributed by atoms with Crippen LogP contribution in [0.15, 0.2) is 54.6 Å². The summed E-state index contributed by atoms with van der Waals surface area (Å²) in [4.78, 5) is 0. The van der Waals surface area contributed by atoms with Gasteiger partial charge in [-0.3, -0.25) is 0 Å². The minimum absolute atomic E-state index is 0.595. The van der Waals surface area contributed by atoms with E-state index in [4.69, 9.17) is 0 Å². The molecular weight excluding hydrogens is 335 g/mol. The van der Waals surface area contributed by atoms with Gasteiger partial charge in [-0.25, -0.2) is 0 Å². The Bertz CT molecular complexity index is 936. The first-order valence-corrected chi connectivity index (χ1v) is 8.93. The highest BCUT2D eigenvalue weighted by molar-refractivity contribution is 5.73. The molecule has 1 nitrogen and oxygen atoms in total. The predicted molar refractivity (Wildman–Crippen MR) is 97.6 cm³/mol. The molecule has 1 aromatic heterocycles. The summed E-state index contributed by atoms with van der Waals surface area (Å²) >= 11 is 0. The zero-order valence-corrected chi connectivity index (χ0v) is 14.6. The van der Waals surface area contributed by atoms with Gasteiger partial charge in [-0.15, -0.1) is 0 Å². The third-order valence-electron chi connectivity index (χ3n) is 5.20. The van der Waals surface area contributed by atoms with Gasteiger partial charge in [0.1, 0.15) is 0 Å². The molecule has 26 heavy (non-hydrogen) atoms. The fourth-order valence-corrected chi connectivity index (χ4v) is 4.10. The molecule has 0 saturated heterocycles. The first-order valence-electron chi connectivity index (χ1n) is 8.93. The number of hydrogen-bond acceptors (Lipinski definition) is 0. The lowest BCUT2D eigenvalue weighted by molar-refractivity contribution is -0.137. The van der Waals surface area contributed by atoms with Crippen LogP contribution >= 0.6 is 0 Å². The van der Waals surface area contributed by atoms with Crippen molar-refractivity contribution in [1.29, 1.82) is 0 Å². The molecule has 0 atom stereocenters. The van der Waals surface area contributed by atoms with Crippen LogP contribution in [0.4, 0.5) is 13.2 Å². The van der Waals surface area contributed by atoms with Crippen molar-refractivity contribution in [2.24, 2.45) is 0 Å². The molecular formula is C22H20F3N. The van der Waals surface area contributed by atoms with E-state index < -0.39 is 11.7 Å². The first-order chi connectivity index (χ1) is 12.5. The second-order valence-electron chi connectivity index (χ2n) is 6.84. The van der Waals surface area contributed by atoms with Crippen LogP contribution in [-0.2, 0) is 19.0 Å². The van der Waals surface area contributed by atoms with E-state index in [1.54, 1.807) is 6.07 Å². The van der Waals surface area contributed by atoms with Crippen LogP contribution in [0, 0.1) is 6.92 Å². The van der Waals surface area contributed by atoms with Gasteiger partial charge < -0.3 is 4.57 Å². The molecule has 2 aromatic carbocycles. The zero-order valence-electron chi connectivity index (χ0n) is 14.6. The molecule has 4 heteroatoms. The summed E-state index contributed by atoms with van der Waals surface area (Å²) in [6.45, 7) is 2.01. The Morgan fingerprint density at radius 3 is 2.35 bits per heavy atom. The monoisotopic (exact) mass is 355 g/mol. The van der Waals surface area contributed by atoms with Crippen molar-refractivity contribution in [3.63, 3.8) is 0 Å². The van der Waals surface area contributed by atoms with Gasteiger partial charge in [0.2, 0.25) is 0 Å². The van der Waals surface area contributed by atoms with E-state index in [2.05, 4.69) is 12.1 Å². The number of halogens is 3. The highest BCUT2D eigenvalue weighted by Crippen LogP contribution is 2.39. The number of aromatic nitrogens is 1. The van der Waals surface area contributed by atoms with Gasteiger partial charge in [-0.1, -0.05) is 36.4 Å². The van der Waals surface area contributed by atoms with Crippen molar-refractivity contribution in [3.8, 4) is 16.8 Å². The molecule has 1 aliphatic rings. The minimum Gasteiger partial charge on any atom is -0.317 e. The standard InChI is InChI=1S/C22H20F3N/c1-15-21(16-8-3-2-4-9-16)19-12-5-6-13-20(19)26(15)18-11-7-10-17(14-18)22(23,24)25/h2-4,7-11,14H,5-6,12-13H2,1H3. The van der Waals surface area contributed by atoms with E-state index in [9.17, 15) is 13.2 Å². The maximum atomic E-state index is 13.2. The summed E-state index contributed by atoms with van der Waals surface area (Å²) < 4.78 is 41.6. The Morgan fingerprint density at radius 2 is 1.62 bits per heavy atom. The average molecular weight is 355 g/mol. The smallest absolute Gasteiger partial charge is 0.317 e. The maximum Gasteiger partial charge on any atom is 0.416 e. The summed E-state index contributed by atoms with van der Waals surface area (Å²) in [5, 5.41) is 0. The van der Waals surface area contributed by atoms with Crippen LogP contribution in [0.5, 0.6) is 0 Å². The third-order valence-corrected chi connectivity index (χ3v) is 5.20. The van der Waals surface area contributed by atoms with Gasteiger partial charge in [0.15, 0.2) is 0 Å². The van der Waals surface area contributed by atoms with Gasteiger partial charge in [0, 0.05) is 22.6 Å². The fourth-order valence-electron chi connectivity index (χ4n) is 4.10. The van der Waals surface area contributed by atoms with Crippen molar-refractivity contribution in [2.45, 2.75) is 38.8 Å². The second-order valence-corrected chi connectivity index (χ2v) is 6.84. The van der Waals surface area contributed by atoms with Gasteiger partial charge >= 0.3 is 6.18 Å². The van der Waals surface area contributed by atoms with Crippen LogP contribution < -0.4 is 0 Å². The van der Waals surface area contributed by atoms with Gasteiger partial charge in [-0.2, -0.15) is 13.2 Å². The lowest BCUT2D eigenvalue weighted by atomic mass is 9.91. The minimum atomic E-state index is -4.33. The summed E-state index contributed by atoms with van der Waals surface area (Å²) in [5.74, 6) is 0. The van der Waals surface area contributed by atoms with Gasteiger partial charge in [0.05, 0.1) is 5.56 Å². The highest BCUT2D eigenvalue weighted by Gasteiger charge is 2.31. The number of rotatable bonds is 2. The molecule has 0 aliphatic heterocycles. The van der Waals surface area contributed by atoms with Crippen LogP contribution in [0.2, 0.25) is 0 Å².